The highest BCUT2D eigenvalue weighted by Crippen LogP contribution is 2.63. The minimum atomic E-state index is -0.324. The standard InChI is InChI=1S/C13H24N4/c1-12-10-8-6-4-3-5-7-9(10)11(12)13(2,15-14)17-16-12/h9-11,15H,3-8,14H2,1-2H3. The van der Waals surface area contributed by atoms with Crippen LogP contribution in [-0.4, -0.2) is 11.2 Å². The molecule has 0 aromatic rings. The Labute approximate surface area is 103 Å². The SMILES string of the molecule is CC1(NN)N=NC2(C)C3CCCCCCC3C12. The quantitative estimate of drug-likeness (QED) is 0.543. The fourth-order valence-corrected chi connectivity index (χ4v) is 4.70. The topological polar surface area (TPSA) is 62.8 Å². The first kappa shape index (κ1) is 11.6. The zero-order valence-corrected chi connectivity index (χ0v) is 10.9. The van der Waals surface area contributed by atoms with Crippen LogP contribution in [0.5, 0.6) is 0 Å². The third-order valence-electron chi connectivity index (χ3n) is 5.50. The summed E-state index contributed by atoms with van der Waals surface area (Å²) < 4.78 is 0. The zero-order chi connectivity index (χ0) is 12.1. The van der Waals surface area contributed by atoms with Crippen molar-refractivity contribution in [3.05, 3.63) is 0 Å². The number of nitrogens with two attached hydrogens (primary N) is 1. The van der Waals surface area contributed by atoms with Gasteiger partial charge in [-0.1, -0.05) is 25.7 Å². The molecule has 96 valence electrons. The predicted octanol–water partition coefficient (Wildman–Crippen LogP) is 2.61. The summed E-state index contributed by atoms with van der Waals surface area (Å²) in [6, 6.07) is 0. The van der Waals surface area contributed by atoms with Gasteiger partial charge in [0, 0.05) is 5.92 Å². The molecule has 1 heterocycles. The monoisotopic (exact) mass is 236 g/mol. The molecule has 3 N–H and O–H groups in total. The van der Waals surface area contributed by atoms with Gasteiger partial charge in [0.25, 0.3) is 0 Å². The van der Waals surface area contributed by atoms with E-state index in [4.69, 9.17) is 5.84 Å². The Balaban J connectivity index is 1.86. The number of azo groups is 1. The summed E-state index contributed by atoms with van der Waals surface area (Å²) in [5.41, 5.74) is 2.64. The van der Waals surface area contributed by atoms with Gasteiger partial charge < -0.3 is 0 Å². The Morgan fingerprint density at radius 3 is 2.47 bits per heavy atom. The largest absolute Gasteiger partial charge is 0.269 e. The number of nitrogens with zero attached hydrogens (tertiary/aromatic N) is 2. The normalized spacial score (nSPS) is 53.2. The highest BCUT2D eigenvalue weighted by molar-refractivity contribution is 5.20. The van der Waals surface area contributed by atoms with E-state index in [1.807, 2.05) is 0 Å². The maximum Gasteiger partial charge on any atom is 0.146 e. The van der Waals surface area contributed by atoms with Crippen LogP contribution >= 0.6 is 0 Å². The van der Waals surface area contributed by atoms with Crippen LogP contribution in [0, 0.1) is 17.8 Å². The molecule has 17 heavy (non-hydrogen) atoms. The van der Waals surface area contributed by atoms with Crippen molar-refractivity contribution in [3.8, 4) is 0 Å². The number of rotatable bonds is 1. The van der Waals surface area contributed by atoms with Gasteiger partial charge in [-0.2, -0.15) is 10.2 Å². The van der Waals surface area contributed by atoms with Crippen LogP contribution in [0.25, 0.3) is 0 Å². The molecule has 0 radical (unpaired) electrons. The van der Waals surface area contributed by atoms with E-state index in [1.54, 1.807) is 0 Å². The second kappa shape index (κ2) is 3.75. The first-order valence-corrected chi connectivity index (χ1v) is 7.04. The summed E-state index contributed by atoms with van der Waals surface area (Å²) >= 11 is 0. The molecule has 3 rings (SSSR count). The van der Waals surface area contributed by atoms with Crippen molar-refractivity contribution in [2.75, 3.05) is 0 Å². The van der Waals surface area contributed by atoms with Crippen molar-refractivity contribution in [1.29, 1.82) is 0 Å². The maximum atomic E-state index is 5.70. The minimum Gasteiger partial charge on any atom is -0.269 e. The van der Waals surface area contributed by atoms with Crippen LogP contribution in [0.15, 0.2) is 10.2 Å². The van der Waals surface area contributed by atoms with Crippen LogP contribution in [0.1, 0.15) is 52.4 Å². The van der Waals surface area contributed by atoms with Crippen LogP contribution in [0.3, 0.4) is 0 Å². The highest BCUT2D eigenvalue weighted by Gasteiger charge is 2.68. The van der Waals surface area contributed by atoms with E-state index in [9.17, 15) is 0 Å². The van der Waals surface area contributed by atoms with Crippen molar-refractivity contribution in [3.63, 3.8) is 0 Å². The second-order valence-electron chi connectivity index (χ2n) is 6.46. The number of hydrogen-bond donors (Lipinski definition) is 2. The molecule has 5 unspecified atom stereocenters. The summed E-state index contributed by atoms with van der Waals surface area (Å²) in [4.78, 5) is 0. The molecular weight excluding hydrogens is 212 g/mol. The van der Waals surface area contributed by atoms with Gasteiger partial charge in [0.05, 0.1) is 5.54 Å². The first-order valence-electron chi connectivity index (χ1n) is 7.04. The summed E-state index contributed by atoms with van der Waals surface area (Å²) in [6.45, 7) is 4.38. The Morgan fingerprint density at radius 2 is 1.76 bits per heavy atom. The van der Waals surface area contributed by atoms with Crippen molar-refractivity contribution in [1.82, 2.24) is 5.43 Å². The van der Waals surface area contributed by atoms with Gasteiger partial charge in [-0.25, -0.2) is 5.43 Å². The van der Waals surface area contributed by atoms with Gasteiger partial charge in [-0.15, -0.1) is 0 Å². The molecule has 2 saturated carbocycles. The van der Waals surface area contributed by atoms with Crippen molar-refractivity contribution >= 4 is 0 Å². The van der Waals surface area contributed by atoms with Crippen LogP contribution in [-0.2, 0) is 0 Å². The molecule has 2 aliphatic carbocycles. The maximum absolute atomic E-state index is 5.70. The van der Waals surface area contributed by atoms with Gasteiger partial charge in [0.1, 0.15) is 5.66 Å². The van der Waals surface area contributed by atoms with E-state index in [2.05, 4.69) is 29.5 Å². The molecule has 4 heteroatoms. The van der Waals surface area contributed by atoms with Gasteiger partial charge in [-0.05, 0) is 38.5 Å². The van der Waals surface area contributed by atoms with Crippen LogP contribution in [0.4, 0.5) is 0 Å². The number of fused-ring (bicyclic) bond motifs is 4. The fraction of sp³-hybridized carbons (Fsp3) is 1.00. The van der Waals surface area contributed by atoms with Crippen molar-refractivity contribution in [2.24, 2.45) is 33.8 Å². The molecule has 1 aliphatic heterocycles. The van der Waals surface area contributed by atoms with E-state index in [1.165, 1.54) is 38.5 Å². The number of hydrazine groups is 1. The molecule has 3 aliphatic rings. The smallest absolute Gasteiger partial charge is 0.146 e. The predicted molar refractivity (Wildman–Crippen MR) is 67.2 cm³/mol. The lowest BCUT2D eigenvalue weighted by molar-refractivity contribution is -0.0741. The first-order chi connectivity index (χ1) is 8.12. The fourth-order valence-electron chi connectivity index (χ4n) is 4.70. The second-order valence-corrected chi connectivity index (χ2v) is 6.46. The Morgan fingerprint density at radius 1 is 1.06 bits per heavy atom. The molecule has 2 fully saturated rings. The van der Waals surface area contributed by atoms with Gasteiger partial charge in [0.15, 0.2) is 0 Å². The van der Waals surface area contributed by atoms with Gasteiger partial charge in [0.2, 0.25) is 0 Å². The molecular formula is C13H24N4. The average molecular weight is 236 g/mol. The summed E-state index contributed by atoms with van der Waals surface area (Å²) in [5.74, 6) is 7.72. The molecule has 0 bridgehead atoms. The lowest BCUT2D eigenvalue weighted by atomic mass is 9.47. The lowest BCUT2D eigenvalue weighted by Gasteiger charge is -2.58. The molecule has 4 nitrogen and oxygen atoms in total. The number of hydrogen-bond acceptors (Lipinski definition) is 4. The van der Waals surface area contributed by atoms with E-state index in [0.29, 0.717) is 5.92 Å². The molecule has 0 amide bonds. The molecule has 5 atom stereocenters. The summed E-state index contributed by atoms with van der Waals surface area (Å²) in [5, 5.41) is 9.06. The molecule has 0 saturated heterocycles. The Kier molecular flexibility index (Phi) is 2.56. The third-order valence-corrected chi connectivity index (χ3v) is 5.50. The molecule has 0 spiro atoms. The summed E-state index contributed by atoms with van der Waals surface area (Å²) in [6.07, 6.45) is 8.20. The van der Waals surface area contributed by atoms with Gasteiger partial charge in [-0.3, -0.25) is 5.84 Å². The van der Waals surface area contributed by atoms with Gasteiger partial charge >= 0.3 is 0 Å². The molecule has 0 aromatic heterocycles. The Hall–Kier alpha value is -0.480. The zero-order valence-electron chi connectivity index (χ0n) is 10.9. The summed E-state index contributed by atoms with van der Waals surface area (Å²) in [7, 11) is 0. The van der Waals surface area contributed by atoms with Crippen LogP contribution in [0.2, 0.25) is 0 Å². The van der Waals surface area contributed by atoms with Crippen LogP contribution < -0.4 is 11.3 Å². The Bertz CT molecular complexity index is 342. The van der Waals surface area contributed by atoms with Crippen molar-refractivity contribution in [2.45, 2.75) is 63.6 Å². The molecule has 0 aromatic carbocycles. The van der Waals surface area contributed by atoms with E-state index >= 15 is 0 Å². The van der Waals surface area contributed by atoms with Crippen molar-refractivity contribution < 1.29 is 0 Å². The highest BCUT2D eigenvalue weighted by atomic mass is 15.4. The average Bonchev–Trinajstić information content (AvgIpc) is 2.51. The van der Waals surface area contributed by atoms with E-state index in [-0.39, 0.29) is 11.2 Å². The van der Waals surface area contributed by atoms with E-state index in [0.717, 1.165) is 11.8 Å². The minimum absolute atomic E-state index is 0.0587. The lowest BCUT2D eigenvalue weighted by Crippen LogP contribution is -2.67. The third kappa shape index (κ3) is 1.43. The van der Waals surface area contributed by atoms with E-state index < -0.39 is 0 Å². The number of nitrogens with one attached hydrogen (secondary N) is 1.